The lowest BCUT2D eigenvalue weighted by molar-refractivity contribution is -0.124. The standard InChI is InChI=1S/C22H35N3O4/c1-7-8-12-23-20(26)17-14-25(21(27)24-22(2,3)4)13-16(17)15-10-9-11-18(28-5)19(15)29-6/h9-11,16-17H,7-8,12-14H2,1-6H3,(H,23,26)(H,24,27)/t16-,17+/m0/s1. The average molecular weight is 406 g/mol. The van der Waals surface area contributed by atoms with Crippen molar-refractivity contribution in [1.82, 2.24) is 15.5 Å². The molecule has 1 saturated heterocycles. The van der Waals surface area contributed by atoms with Crippen LogP contribution in [0.5, 0.6) is 11.5 Å². The Balaban J connectivity index is 2.33. The smallest absolute Gasteiger partial charge is 0.317 e. The monoisotopic (exact) mass is 405 g/mol. The zero-order chi connectivity index (χ0) is 21.6. The number of likely N-dealkylation sites (tertiary alicyclic amines) is 1. The number of hydrogen-bond donors (Lipinski definition) is 2. The van der Waals surface area contributed by atoms with Crippen LogP contribution in [0.25, 0.3) is 0 Å². The first-order valence-electron chi connectivity index (χ1n) is 10.3. The minimum absolute atomic E-state index is 0.0284. The van der Waals surface area contributed by atoms with Gasteiger partial charge in [-0.2, -0.15) is 0 Å². The summed E-state index contributed by atoms with van der Waals surface area (Å²) in [7, 11) is 3.19. The molecule has 1 aromatic rings. The number of benzene rings is 1. The van der Waals surface area contributed by atoms with Crippen molar-refractivity contribution in [3.8, 4) is 11.5 Å². The van der Waals surface area contributed by atoms with Gasteiger partial charge in [0.05, 0.1) is 20.1 Å². The third kappa shape index (κ3) is 5.78. The molecule has 7 heteroatoms. The van der Waals surface area contributed by atoms with Crippen molar-refractivity contribution in [3.05, 3.63) is 23.8 Å². The van der Waals surface area contributed by atoms with Crippen molar-refractivity contribution < 1.29 is 19.1 Å². The van der Waals surface area contributed by atoms with Crippen LogP contribution in [-0.2, 0) is 4.79 Å². The van der Waals surface area contributed by atoms with Crippen molar-refractivity contribution in [1.29, 1.82) is 0 Å². The molecule has 0 bridgehead atoms. The number of para-hydroxylation sites is 1. The summed E-state index contributed by atoms with van der Waals surface area (Å²) in [6, 6.07) is 5.51. The highest BCUT2D eigenvalue weighted by molar-refractivity contribution is 5.83. The Bertz CT molecular complexity index is 714. The van der Waals surface area contributed by atoms with Crippen molar-refractivity contribution >= 4 is 11.9 Å². The lowest BCUT2D eigenvalue weighted by atomic mass is 9.87. The van der Waals surface area contributed by atoms with Crippen LogP contribution < -0.4 is 20.1 Å². The predicted molar refractivity (Wildman–Crippen MR) is 114 cm³/mol. The van der Waals surface area contributed by atoms with Gasteiger partial charge < -0.3 is 25.0 Å². The Kier molecular flexibility index (Phi) is 7.76. The Labute approximate surface area is 174 Å². The number of carbonyl (C=O) groups excluding carboxylic acids is 2. The summed E-state index contributed by atoms with van der Waals surface area (Å²) >= 11 is 0. The molecule has 1 aromatic carbocycles. The van der Waals surface area contributed by atoms with Crippen molar-refractivity contribution in [3.63, 3.8) is 0 Å². The van der Waals surface area contributed by atoms with Gasteiger partial charge in [-0.05, 0) is 33.3 Å². The molecule has 0 saturated carbocycles. The topological polar surface area (TPSA) is 79.9 Å². The summed E-state index contributed by atoms with van der Waals surface area (Å²) in [5, 5.41) is 6.03. The molecule has 0 aliphatic carbocycles. The third-order valence-electron chi connectivity index (χ3n) is 5.09. The molecule has 0 aromatic heterocycles. The fraction of sp³-hybridized carbons (Fsp3) is 0.636. The number of nitrogens with one attached hydrogen (secondary N) is 2. The number of methoxy groups -OCH3 is 2. The highest BCUT2D eigenvalue weighted by Crippen LogP contribution is 2.42. The van der Waals surface area contributed by atoms with Crippen molar-refractivity contribution in [2.24, 2.45) is 5.92 Å². The van der Waals surface area contributed by atoms with Crippen molar-refractivity contribution in [2.75, 3.05) is 33.9 Å². The molecule has 3 amide bonds. The highest BCUT2D eigenvalue weighted by Gasteiger charge is 2.42. The number of carbonyl (C=O) groups is 2. The zero-order valence-electron chi connectivity index (χ0n) is 18.5. The summed E-state index contributed by atoms with van der Waals surface area (Å²) in [5.41, 5.74) is 0.537. The summed E-state index contributed by atoms with van der Waals surface area (Å²) in [6.45, 7) is 9.36. The van der Waals surface area contributed by atoms with E-state index >= 15 is 0 Å². The second kappa shape index (κ2) is 9.85. The Morgan fingerprint density at radius 2 is 1.90 bits per heavy atom. The van der Waals surface area contributed by atoms with Crippen LogP contribution >= 0.6 is 0 Å². The predicted octanol–water partition coefficient (Wildman–Crippen LogP) is 3.14. The van der Waals surface area contributed by atoms with Gasteiger partial charge in [0.2, 0.25) is 5.91 Å². The van der Waals surface area contributed by atoms with Crippen LogP contribution in [0.3, 0.4) is 0 Å². The normalized spacial score (nSPS) is 19.0. The molecule has 0 radical (unpaired) electrons. The second-order valence-electron chi connectivity index (χ2n) is 8.53. The second-order valence-corrected chi connectivity index (χ2v) is 8.53. The van der Waals surface area contributed by atoms with Gasteiger partial charge in [0.15, 0.2) is 11.5 Å². The van der Waals surface area contributed by atoms with E-state index in [1.165, 1.54) is 0 Å². The van der Waals surface area contributed by atoms with Crippen LogP contribution in [0, 0.1) is 5.92 Å². The number of nitrogens with zero attached hydrogens (tertiary/aromatic N) is 1. The molecular formula is C22H35N3O4. The van der Waals surface area contributed by atoms with E-state index in [1.807, 2.05) is 39.0 Å². The van der Waals surface area contributed by atoms with E-state index in [-0.39, 0.29) is 29.3 Å². The number of ether oxygens (including phenoxy) is 2. The van der Waals surface area contributed by atoms with E-state index in [1.54, 1.807) is 19.1 Å². The minimum Gasteiger partial charge on any atom is -0.493 e. The summed E-state index contributed by atoms with van der Waals surface area (Å²) < 4.78 is 11.0. The molecule has 1 fully saturated rings. The zero-order valence-corrected chi connectivity index (χ0v) is 18.5. The Morgan fingerprint density at radius 1 is 1.17 bits per heavy atom. The van der Waals surface area contributed by atoms with E-state index in [9.17, 15) is 9.59 Å². The Morgan fingerprint density at radius 3 is 2.48 bits per heavy atom. The number of rotatable bonds is 7. The van der Waals surface area contributed by atoms with E-state index < -0.39 is 0 Å². The summed E-state index contributed by atoms with van der Waals surface area (Å²) in [5.74, 6) is 0.683. The lowest BCUT2D eigenvalue weighted by Gasteiger charge is -2.25. The summed E-state index contributed by atoms with van der Waals surface area (Å²) in [4.78, 5) is 27.5. The molecule has 162 valence electrons. The summed E-state index contributed by atoms with van der Waals surface area (Å²) in [6.07, 6.45) is 1.94. The first-order valence-corrected chi connectivity index (χ1v) is 10.3. The van der Waals surface area contributed by atoms with Gasteiger partial charge in [-0.1, -0.05) is 25.5 Å². The maximum atomic E-state index is 13.0. The minimum atomic E-state index is -0.349. The first kappa shape index (κ1) is 22.8. The average Bonchev–Trinajstić information content (AvgIpc) is 3.11. The molecule has 0 spiro atoms. The SMILES string of the molecule is CCCCNC(=O)[C@@H]1CN(C(=O)NC(C)(C)C)C[C@H]1c1cccc(OC)c1OC. The highest BCUT2D eigenvalue weighted by atomic mass is 16.5. The van der Waals surface area contributed by atoms with E-state index in [0.717, 1.165) is 18.4 Å². The number of unbranched alkanes of at least 4 members (excludes halogenated alkanes) is 1. The van der Waals surface area contributed by atoms with E-state index in [0.29, 0.717) is 31.1 Å². The fourth-order valence-electron chi connectivity index (χ4n) is 3.67. The maximum Gasteiger partial charge on any atom is 0.317 e. The molecule has 2 N–H and O–H groups in total. The lowest BCUT2D eigenvalue weighted by Crippen LogP contribution is -2.48. The number of urea groups is 1. The van der Waals surface area contributed by atoms with Gasteiger partial charge in [0.25, 0.3) is 0 Å². The first-order chi connectivity index (χ1) is 13.7. The van der Waals surface area contributed by atoms with Gasteiger partial charge in [0, 0.05) is 36.7 Å². The molecule has 2 rings (SSSR count). The molecule has 1 aliphatic heterocycles. The third-order valence-corrected chi connectivity index (χ3v) is 5.09. The van der Waals surface area contributed by atoms with Crippen LogP contribution in [-0.4, -0.2) is 56.2 Å². The van der Waals surface area contributed by atoms with Gasteiger partial charge in [-0.15, -0.1) is 0 Å². The van der Waals surface area contributed by atoms with E-state index in [4.69, 9.17) is 9.47 Å². The quantitative estimate of drug-likeness (QED) is 0.683. The van der Waals surface area contributed by atoms with Crippen molar-refractivity contribution in [2.45, 2.75) is 52.0 Å². The molecule has 1 heterocycles. The number of hydrogen-bond acceptors (Lipinski definition) is 4. The number of amides is 3. The Hall–Kier alpha value is -2.44. The molecule has 2 atom stereocenters. The van der Waals surface area contributed by atoms with Gasteiger partial charge in [-0.25, -0.2) is 4.79 Å². The van der Waals surface area contributed by atoms with Gasteiger partial charge >= 0.3 is 6.03 Å². The molecule has 1 aliphatic rings. The van der Waals surface area contributed by atoms with Crippen LogP contribution in [0.2, 0.25) is 0 Å². The van der Waals surface area contributed by atoms with E-state index in [2.05, 4.69) is 17.6 Å². The molecule has 29 heavy (non-hydrogen) atoms. The molecule has 7 nitrogen and oxygen atoms in total. The van der Waals surface area contributed by atoms with Crippen LogP contribution in [0.15, 0.2) is 18.2 Å². The maximum absolute atomic E-state index is 13.0. The fourth-order valence-corrected chi connectivity index (χ4v) is 3.67. The molecule has 0 unspecified atom stereocenters. The van der Waals surface area contributed by atoms with Crippen LogP contribution in [0.4, 0.5) is 4.79 Å². The van der Waals surface area contributed by atoms with Crippen LogP contribution in [0.1, 0.15) is 52.0 Å². The molecular weight excluding hydrogens is 370 g/mol. The largest absolute Gasteiger partial charge is 0.493 e. The van der Waals surface area contributed by atoms with Gasteiger partial charge in [0.1, 0.15) is 0 Å². The van der Waals surface area contributed by atoms with Gasteiger partial charge in [-0.3, -0.25) is 4.79 Å².